The molecule has 1 rings (SSSR count). The van der Waals surface area contributed by atoms with Gasteiger partial charge in [0.05, 0.1) is 13.2 Å². The number of rotatable bonds is 1. The quantitative estimate of drug-likeness (QED) is 0.478. The molecule has 0 aromatic carbocycles. The number of ether oxygens (including phenoxy) is 1. The molecule has 5 nitrogen and oxygen atoms in total. The van der Waals surface area contributed by atoms with Gasteiger partial charge >= 0.3 is 5.97 Å². The zero-order valence-corrected chi connectivity index (χ0v) is 7.25. The number of hydrogen-bond acceptors (Lipinski definition) is 4. The highest BCUT2D eigenvalue weighted by molar-refractivity contribution is 5.72. The summed E-state index contributed by atoms with van der Waals surface area (Å²) in [5.41, 5.74) is 4.84. The van der Waals surface area contributed by atoms with Crippen LogP contribution in [0.5, 0.6) is 0 Å². The van der Waals surface area contributed by atoms with Crippen LogP contribution >= 0.6 is 0 Å². The molecule has 0 bridgehead atoms. The standard InChI is InChI=1S/C4H9NO.C3H7NO2/c1-3-6-4-2-5-1;1-2(4)3(5)6/h5H,1-4H2;2H,4H2,1H3,(H,5,6). The lowest BCUT2D eigenvalue weighted by atomic mass is 10.4. The van der Waals surface area contributed by atoms with Crippen molar-refractivity contribution in [2.75, 3.05) is 26.3 Å². The first-order chi connectivity index (χ1) is 5.64. The van der Waals surface area contributed by atoms with Crippen LogP contribution in [0.25, 0.3) is 0 Å². The molecule has 1 aliphatic heterocycles. The second-order valence-electron chi connectivity index (χ2n) is 2.49. The summed E-state index contributed by atoms with van der Waals surface area (Å²) in [7, 11) is 0. The minimum absolute atomic E-state index is 0.731. The van der Waals surface area contributed by atoms with E-state index in [2.05, 4.69) is 5.32 Å². The number of carboxylic acids is 1. The van der Waals surface area contributed by atoms with Crippen LogP contribution < -0.4 is 11.1 Å². The largest absolute Gasteiger partial charge is 0.480 e. The van der Waals surface area contributed by atoms with Crippen molar-refractivity contribution in [1.29, 1.82) is 0 Å². The first-order valence-corrected chi connectivity index (χ1v) is 3.91. The van der Waals surface area contributed by atoms with Gasteiger partial charge < -0.3 is 20.9 Å². The van der Waals surface area contributed by atoms with E-state index >= 15 is 0 Å². The Bertz CT molecular complexity index is 112. The van der Waals surface area contributed by atoms with E-state index in [-0.39, 0.29) is 0 Å². The summed E-state index contributed by atoms with van der Waals surface area (Å²) in [4.78, 5) is 9.57. The number of carboxylic acid groups (broad SMARTS) is 1. The molecule has 0 saturated carbocycles. The Kier molecular flexibility index (Phi) is 6.64. The summed E-state index contributed by atoms with van der Waals surface area (Å²) >= 11 is 0. The lowest BCUT2D eigenvalue weighted by Gasteiger charge is -2.10. The van der Waals surface area contributed by atoms with Gasteiger partial charge in [-0.05, 0) is 6.92 Å². The molecule has 0 aromatic rings. The average molecular weight is 176 g/mol. The summed E-state index contributed by atoms with van der Waals surface area (Å²) in [5, 5.41) is 11.0. The third kappa shape index (κ3) is 7.46. The Morgan fingerprint density at radius 3 is 2.08 bits per heavy atom. The van der Waals surface area contributed by atoms with E-state index in [9.17, 15) is 4.79 Å². The summed E-state index contributed by atoms with van der Waals surface area (Å²) in [5.74, 6) is -0.963. The van der Waals surface area contributed by atoms with Gasteiger partial charge in [0.15, 0.2) is 0 Å². The number of aliphatic carboxylic acids is 1. The zero-order chi connectivity index (χ0) is 9.40. The van der Waals surface area contributed by atoms with Crippen molar-refractivity contribution in [2.24, 2.45) is 5.73 Å². The maximum atomic E-state index is 9.57. The highest BCUT2D eigenvalue weighted by Gasteiger charge is 1.99. The topological polar surface area (TPSA) is 84.6 Å². The Morgan fingerprint density at radius 1 is 1.58 bits per heavy atom. The zero-order valence-electron chi connectivity index (χ0n) is 7.25. The second-order valence-corrected chi connectivity index (χ2v) is 2.49. The smallest absolute Gasteiger partial charge is 0.320 e. The minimum atomic E-state index is -0.963. The number of nitrogens with two attached hydrogens (primary N) is 1. The molecule has 1 aliphatic rings. The van der Waals surface area contributed by atoms with Crippen LogP contribution in [0.2, 0.25) is 0 Å². The van der Waals surface area contributed by atoms with Gasteiger partial charge in [0.2, 0.25) is 0 Å². The van der Waals surface area contributed by atoms with Crippen LogP contribution in [0, 0.1) is 0 Å². The molecule has 1 unspecified atom stereocenters. The Morgan fingerprint density at radius 2 is 2.00 bits per heavy atom. The van der Waals surface area contributed by atoms with Gasteiger partial charge in [-0.2, -0.15) is 0 Å². The molecule has 4 N–H and O–H groups in total. The van der Waals surface area contributed by atoms with Gasteiger partial charge in [-0.3, -0.25) is 4.79 Å². The molecule has 5 heteroatoms. The predicted molar refractivity (Wildman–Crippen MR) is 45.0 cm³/mol. The average Bonchev–Trinajstić information content (AvgIpc) is 2.08. The SMILES string of the molecule is C1COCCN1.CC(N)C(=O)O. The van der Waals surface area contributed by atoms with Crippen LogP contribution in [0.15, 0.2) is 0 Å². The lowest BCUT2D eigenvalue weighted by Crippen LogP contribution is -2.30. The molecule has 0 aliphatic carbocycles. The van der Waals surface area contributed by atoms with Crippen LogP contribution in [0.1, 0.15) is 6.92 Å². The van der Waals surface area contributed by atoms with E-state index in [1.165, 1.54) is 6.92 Å². The molecule has 1 atom stereocenters. The van der Waals surface area contributed by atoms with E-state index < -0.39 is 12.0 Å². The minimum Gasteiger partial charge on any atom is -0.480 e. The highest BCUT2D eigenvalue weighted by atomic mass is 16.5. The molecule has 0 aromatic heterocycles. The molecule has 12 heavy (non-hydrogen) atoms. The molecule has 1 fully saturated rings. The summed E-state index contributed by atoms with van der Waals surface area (Å²) in [6, 6.07) is -0.731. The van der Waals surface area contributed by atoms with Crippen molar-refractivity contribution in [2.45, 2.75) is 13.0 Å². The third-order valence-electron chi connectivity index (χ3n) is 1.24. The van der Waals surface area contributed by atoms with Crippen LogP contribution in [0.3, 0.4) is 0 Å². The molecule has 0 amide bonds. The predicted octanol–water partition coefficient (Wildman–Crippen LogP) is -0.976. The van der Waals surface area contributed by atoms with Crippen LogP contribution in [-0.2, 0) is 9.53 Å². The lowest BCUT2D eigenvalue weighted by molar-refractivity contribution is -0.138. The van der Waals surface area contributed by atoms with E-state index in [0.29, 0.717) is 0 Å². The maximum absolute atomic E-state index is 9.57. The molecule has 1 saturated heterocycles. The number of carbonyl (C=O) groups is 1. The van der Waals surface area contributed by atoms with Gasteiger partial charge in [0, 0.05) is 13.1 Å². The molecular weight excluding hydrogens is 160 g/mol. The summed E-state index contributed by atoms with van der Waals surface area (Å²) in [6.07, 6.45) is 0. The first kappa shape index (κ1) is 11.4. The fourth-order valence-electron chi connectivity index (χ4n) is 0.516. The molecule has 0 radical (unpaired) electrons. The van der Waals surface area contributed by atoms with Crippen molar-refractivity contribution in [3.05, 3.63) is 0 Å². The monoisotopic (exact) mass is 176 g/mol. The van der Waals surface area contributed by atoms with Gasteiger partial charge in [-0.15, -0.1) is 0 Å². The van der Waals surface area contributed by atoms with E-state index in [4.69, 9.17) is 15.6 Å². The van der Waals surface area contributed by atoms with Crippen molar-refractivity contribution in [3.8, 4) is 0 Å². The maximum Gasteiger partial charge on any atom is 0.320 e. The molecular formula is C7H16N2O3. The molecule has 72 valence electrons. The van der Waals surface area contributed by atoms with Crippen molar-refractivity contribution < 1.29 is 14.6 Å². The Balaban J connectivity index is 0.000000202. The van der Waals surface area contributed by atoms with Crippen LogP contribution in [0.4, 0.5) is 0 Å². The van der Waals surface area contributed by atoms with E-state index in [0.717, 1.165) is 26.3 Å². The number of nitrogens with one attached hydrogen (secondary N) is 1. The van der Waals surface area contributed by atoms with Crippen molar-refractivity contribution in [3.63, 3.8) is 0 Å². The van der Waals surface area contributed by atoms with Crippen LogP contribution in [-0.4, -0.2) is 43.4 Å². The van der Waals surface area contributed by atoms with Crippen molar-refractivity contribution in [1.82, 2.24) is 5.32 Å². The highest BCUT2D eigenvalue weighted by Crippen LogP contribution is 1.76. The van der Waals surface area contributed by atoms with Crippen molar-refractivity contribution >= 4 is 5.97 Å². The summed E-state index contributed by atoms with van der Waals surface area (Å²) in [6.45, 7) is 5.25. The van der Waals surface area contributed by atoms with E-state index in [1.54, 1.807) is 0 Å². The molecule has 0 spiro atoms. The normalized spacial score (nSPS) is 18.8. The Labute approximate surface area is 71.9 Å². The van der Waals surface area contributed by atoms with Gasteiger partial charge in [0.25, 0.3) is 0 Å². The van der Waals surface area contributed by atoms with Gasteiger partial charge in [-0.25, -0.2) is 0 Å². The number of hydrogen-bond donors (Lipinski definition) is 3. The fourth-order valence-corrected chi connectivity index (χ4v) is 0.516. The third-order valence-corrected chi connectivity index (χ3v) is 1.24. The first-order valence-electron chi connectivity index (χ1n) is 3.91. The van der Waals surface area contributed by atoms with Gasteiger partial charge in [0.1, 0.15) is 6.04 Å². The van der Waals surface area contributed by atoms with E-state index in [1.807, 2.05) is 0 Å². The molecule has 1 heterocycles. The number of morpholine rings is 1. The Hall–Kier alpha value is -0.650. The fraction of sp³-hybridized carbons (Fsp3) is 0.857. The van der Waals surface area contributed by atoms with Gasteiger partial charge in [-0.1, -0.05) is 0 Å². The summed E-state index contributed by atoms with van der Waals surface area (Å²) < 4.78 is 5.01. The second kappa shape index (κ2) is 7.02.